The van der Waals surface area contributed by atoms with Crippen LogP contribution in [-0.2, 0) is 6.42 Å². The van der Waals surface area contributed by atoms with E-state index in [1.165, 1.54) is 117 Å². The van der Waals surface area contributed by atoms with Crippen molar-refractivity contribution in [2.75, 3.05) is 0 Å². The first-order valence-electron chi connectivity index (χ1n) is 18.5. The van der Waals surface area contributed by atoms with Crippen molar-refractivity contribution < 1.29 is 0 Å². The zero-order valence-electron chi connectivity index (χ0n) is 29.5. The molecule has 11 rings (SSSR count). The van der Waals surface area contributed by atoms with Crippen molar-refractivity contribution in [3.63, 3.8) is 0 Å². The fraction of sp³-hybridized carbons (Fsp3) is 0.0588. The molecular weight excluding hydrogens is 677 g/mol. The molecule has 0 unspecified atom stereocenters. The maximum Gasteiger partial charge on any atom is 0.0355 e. The van der Waals surface area contributed by atoms with Crippen LogP contribution in [0.5, 0.6) is 0 Å². The van der Waals surface area contributed by atoms with Crippen LogP contribution in [0.15, 0.2) is 152 Å². The Morgan fingerprint density at radius 3 is 1.47 bits per heavy atom. The van der Waals surface area contributed by atoms with Crippen molar-refractivity contribution >= 4 is 114 Å². The second-order valence-corrected chi connectivity index (χ2v) is 16.6. The van der Waals surface area contributed by atoms with E-state index in [9.17, 15) is 0 Å². The molecule has 0 nitrogen and oxygen atoms in total. The molecule has 0 atom stereocenters. The number of rotatable bonds is 4. The Morgan fingerprint density at radius 1 is 0.415 bits per heavy atom. The second-order valence-electron chi connectivity index (χ2n) is 14.4. The van der Waals surface area contributed by atoms with Crippen molar-refractivity contribution in [1.82, 2.24) is 0 Å². The summed E-state index contributed by atoms with van der Waals surface area (Å²) in [7, 11) is 0. The van der Waals surface area contributed by atoms with Crippen LogP contribution in [-0.4, -0.2) is 0 Å². The molecule has 11 aromatic rings. The average molecular weight is 711 g/mol. The Kier molecular flexibility index (Phi) is 6.89. The standard InChI is InChI=1S/C51H34S2/c1-3-7-31-19-34-10-12-38(24-40(34)18-30(31)4-2)48-26-42-22-36-14-16-45-44(46(36)28-50(42)52-48)17-15-37-23-43-27-49(53-51(43)29-47(37)45)39-13-11-35-20-32-8-5-6-9-33(32)21-41(35)25-39/h3,5-29H,4H2,1-2H3/b7-3-. The highest BCUT2D eigenvalue weighted by Gasteiger charge is 2.13. The molecular formula is C51H34S2. The van der Waals surface area contributed by atoms with Crippen LogP contribution in [0.4, 0.5) is 0 Å². The van der Waals surface area contributed by atoms with Gasteiger partial charge in [0.2, 0.25) is 0 Å². The minimum Gasteiger partial charge on any atom is -0.135 e. The molecule has 0 aliphatic rings. The summed E-state index contributed by atoms with van der Waals surface area (Å²) in [6.45, 7) is 4.34. The van der Waals surface area contributed by atoms with Crippen molar-refractivity contribution in [3.05, 3.63) is 163 Å². The van der Waals surface area contributed by atoms with E-state index in [4.69, 9.17) is 0 Å². The van der Waals surface area contributed by atoms with E-state index < -0.39 is 0 Å². The number of benzene rings is 9. The zero-order valence-corrected chi connectivity index (χ0v) is 31.2. The maximum atomic E-state index is 2.43. The van der Waals surface area contributed by atoms with Gasteiger partial charge in [-0.3, -0.25) is 0 Å². The lowest BCUT2D eigenvalue weighted by atomic mass is 9.95. The predicted octanol–water partition coefficient (Wildman–Crippen LogP) is 16.0. The Hall–Kier alpha value is -5.80. The summed E-state index contributed by atoms with van der Waals surface area (Å²) in [5.74, 6) is 0. The lowest BCUT2D eigenvalue weighted by Gasteiger charge is -2.08. The third kappa shape index (κ3) is 5.01. The second kappa shape index (κ2) is 11.9. The zero-order chi connectivity index (χ0) is 35.2. The molecule has 0 bridgehead atoms. The normalized spacial score (nSPS) is 12.3. The number of allylic oxidation sites excluding steroid dienone is 1. The fourth-order valence-corrected chi connectivity index (χ4v) is 10.6. The summed E-state index contributed by atoms with van der Waals surface area (Å²) in [4.78, 5) is 2.63. The molecule has 53 heavy (non-hydrogen) atoms. The third-order valence-corrected chi connectivity index (χ3v) is 13.5. The van der Waals surface area contributed by atoms with E-state index >= 15 is 0 Å². The van der Waals surface area contributed by atoms with Crippen LogP contribution in [0.25, 0.3) is 112 Å². The highest BCUT2D eigenvalue weighted by molar-refractivity contribution is 7.22. The number of hydrogen-bond donors (Lipinski definition) is 0. The first kappa shape index (κ1) is 30.8. The number of aryl methyl sites for hydroxylation is 1. The Morgan fingerprint density at radius 2 is 0.906 bits per heavy atom. The van der Waals surface area contributed by atoms with E-state index in [1.807, 2.05) is 22.7 Å². The molecule has 2 aromatic heterocycles. The summed E-state index contributed by atoms with van der Waals surface area (Å²) in [6.07, 6.45) is 5.39. The van der Waals surface area contributed by atoms with Crippen LogP contribution in [0.3, 0.4) is 0 Å². The van der Waals surface area contributed by atoms with Crippen LogP contribution < -0.4 is 0 Å². The highest BCUT2D eigenvalue weighted by Crippen LogP contribution is 2.42. The first-order valence-corrected chi connectivity index (χ1v) is 20.1. The van der Waals surface area contributed by atoms with Crippen LogP contribution >= 0.6 is 22.7 Å². The average Bonchev–Trinajstić information content (AvgIpc) is 3.81. The molecule has 0 aliphatic carbocycles. The van der Waals surface area contributed by atoms with Crippen molar-refractivity contribution in [2.45, 2.75) is 20.3 Å². The number of hydrogen-bond acceptors (Lipinski definition) is 2. The minimum atomic E-state index is 1.03. The van der Waals surface area contributed by atoms with Gasteiger partial charge in [0.1, 0.15) is 0 Å². The summed E-state index contributed by atoms with van der Waals surface area (Å²) in [5.41, 5.74) is 5.29. The molecule has 0 aliphatic heterocycles. The first-order chi connectivity index (χ1) is 26.1. The van der Waals surface area contributed by atoms with E-state index in [2.05, 4.69) is 172 Å². The van der Waals surface area contributed by atoms with Crippen LogP contribution in [0.1, 0.15) is 25.0 Å². The fourth-order valence-electron chi connectivity index (χ4n) is 8.48. The van der Waals surface area contributed by atoms with E-state index in [-0.39, 0.29) is 0 Å². The molecule has 0 saturated heterocycles. The van der Waals surface area contributed by atoms with Crippen molar-refractivity contribution in [3.8, 4) is 20.9 Å². The Bertz CT molecular complexity index is 3330. The molecule has 0 amide bonds. The van der Waals surface area contributed by atoms with Crippen LogP contribution in [0.2, 0.25) is 0 Å². The number of fused-ring (bicyclic) bond motifs is 10. The molecule has 0 fully saturated rings. The molecule has 0 radical (unpaired) electrons. The maximum absolute atomic E-state index is 2.43. The van der Waals surface area contributed by atoms with Crippen molar-refractivity contribution in [1.29, 1.82) is 0 Å². The molecule has 0 saturated carbocycles. The summed E-state index contributed by atoms with van der Waals surface area (Å²) in [6, 6.07) is 55.5. The third-order valence-electron chi connectivity index (χ3n) is 11.2. The van der Waals surface area contributed by atoms with Gasteiger partial charge in [-0.1, -0.05) is 97.9 Å². The Labute approximate surface area is 315 Å². The van der Waals surface area contributed by atoms with Gasteiger partial charge in [-0.2, -0.15) is 0 Å². The van der Waals surface area contributed by atoms with Crippen molar-refractivity contribution in [2.24, 2.45) is 0 Å². The van der Waals surface area contributed by atoms with Gasteiger partial charge in [-0.15, -0.1) is 22.7 Å². The van der Waals surface area contributed by atoms with Gasteiger partial charge in [0, 0.05) is 19.2 Å². The van der Waals surface area contributed by atoms with Gasteiger partial charge in [0.25, 0.3) is 0 Å². The molecule has 9 aromatic carbocycles. The van der Waals surface area contributed by atoms with Gasteiger partial charge in [0.05, 0.1) is 0 Å². The van der Waals surface area contributed by atoms with E-state index in [1.54, 1.807) is 0 Å². The molecule has 2 heterocycles. The molecule has 0 N–H and O–H groups in total. The smallest absolute Gasteiger partial charge is 0.0355 e. The number of thiophene rings is 2. The lowest BCUT2D eigenvalue weighted by Crippen LogP contribution is -1.87. The SMILES string of the molecule is C/C=C\c1cc2ccc(-c3cc4cc5ccc6c7cc8sc(-c9ccc%10cc%11ccccc%11cc%10c9)cc8cc7ccc6c5cc4s3)cc2cc1CC. The van der Waals surface area contributed by atoms with Gasteiger partial charge in [-0.05, 0) is 178 Å². The quantitative estimate of drug-likeness (QED) is 0.126. The van der Waals surface area contributed by atoms with Gasteiger partial charge < -0.3 is 0 Å². The lowest BCUT2D eigenvalue weighted by molar-refractivity contribution is 1.14. The van der Waals surface area contributed by atoms with E-state index in [0.29, 0.717) is 0 Å². The summed E-state index contributed by atoms with van der Waals surface area (Å²) < 4.78 is 2.66. The topological polar surface area (TPSA) is 0 Å². The van der Waals surface area contributed by atoms with Crippen LogP contribution in [0, 0.1) is 0 Å². The summed E-state index contributed by atoms with van der Waals surface area (Å²) >= 11 is 3.80. The van der Waals surface area contributed by atoms with E-state index in [0.717, 1.165) is 6.42 Å². The molecule has 250 valence electrons. The Balaban J connectivity index is 0.996. The monoisotopic (exact) mass is 710 g/mol. The highest BCUT2D eigenvalue weighted by atomic mass is 32.1. The predicted molar refractivity (Wildman–Crippen MR) is 237 cm³/mol. The minimum absolute atomic E-state index is 1.03. The van der Waals surface area contributed by atoms with Gasteiger partial charge >= 0.3 is 0 Å². The van der Waals surface area contributed by atoms with Gasteiger partial charge in [0.15, 0.2) is 0 Å². The largest absolute Gasteiger partial charge is 0.135 e. The molecule has 2 heteroatoms. The van der Waals surface area contributed by atoms with Gasteiger partial charge in [-0.25, -0.2) is 0 Å². The summed E-state index contributed by atoms with van der Waals surface area (Å²) in [5, 5.41) is 18.2. The molecule has 0 spiro atoms.